The molecular formula is C14H9Cl2NO2. The maximum atomic E-state index is 9.06. The minimum Gasteiger partial charge on any atom is -0.493 e. The number of hydrogen-bond acceptors (Lipinski definition) is 3. The Labute approximate surface area is 120 Å². The van der Waals surface area contributed by atoms with Gasteiger partial charge in [0.2, 0.25) is 0 Å². The molecule has 3 nitrogen and oxygen atoms in total. The van der Waals surface area contributed by atoms with Crippen molar-refractivity contribution in [3.05, 3.63) is 52.0 Å². The van der Waals surface area contributed by atoms with Gasteiger partial charge in [-0.05, 0) is 24.3 Å². The zero-order chi connectivity index (χ0) is 13.8. The maximum Gasteiger partial charge on any atom is 0.170 e. The van der Waals surface area contributed by atoms with E-state index in [9.17, 15) is 0 Å². The molecule has 5 heteroatoms. The Morgan fingerprint density at radius 3 is 2.58 bits per heavy atom. The van der Waals surface area contributed by atoms with E-state index in [1.807, 2.05) is 6.07 Å². The molecule has 0 unspecified atom stereocenters. The van der Waals surface area contributed by atoms with Gasteiger partial charge >= 0.3 is 0 Å². The first-order chi connectivity index (χ1) is 9.15. The van der Waals surface area contributed by atoms with Crippen molar-refractivity contribution < 1.29 is 9.47 Å². The van der Waals surface area contributed by atoms with Crippen molar-refractivity contribution in [1.82, 2.24) is 0 Å². The second-order valence-electron chi connectivity index (χ2n) is 3.63. The molecule has 0 aliphatic carbocycles. The Bertz CT molecular complexity index is 650. The van der Waals surface area contributed by atoms with Gasteiger partial charge < -0.3 is 9.47 Å². The van der Waals surface area contributed by atoms with Crippen LogP contribution in [0.25, 0.3) is 0 Å². The molecule has 0 saturated carbocycles. The molecule has 0 aliphatic rings. The lowest BCUT2D eigenvalue weighted by molar-refractivity contribution is 0.378. The van der Waals surface area contributed by atoms with Crippen molar-refractivity contribution in [3.63, 3.8) is 0 Å². The highest BCUT2D eigenvalue weighted by Crippen LogP contribution is 2.38. The summed E-state index contributed by atoms with van der Waals surface area (Å²) in [6.07, 6.45) is 0. The second-order valence-corrected chi connectivity index (χ2v) is 4.47. The minimum atomic E-state index is 0.284. The van der Waals surface area contributed by atoms with Crippen molar-refractivity contribution >= 4 is 23.2 Å². The van der Waals surface area contributed by atoms with E-state index in [2.05, 4.69) is 0 Å². The number of nitriles is 1. The van der Waals surface area contributed by atoms with Gasteiger partial charge in [-0.3, -0.25) is 0 Å². The lowest BCUT2D eigenvalue weighted by Gasteiger charge is -2.12. The van der Waals surface area contributed by atoms with Crippen LogP contribution in [0.1, 0.15) is 5.56 Å². The standard InChI is InChI=1S/C14H9Cl2NO2/c1-18-12-6-5-10(15)7-13(12)19-14-9(8-17)3-2-4-11(14)16/h2-7H,1H3. The first-order valence-electron chi connectivity index (χ1n) is 5.35. The van der Waals surface area contributed by atoms with E-state index in [1.165, 1.54) is 7.11 Å². The van der Waals surface area contributed by atoms with Crippen molar-refractivity contribution in [3.8, 4) is 23.3 Å². The van der Waals surface area contributed by atoms with Gasteiger partial charge in [-0.25, -0.2) is 0 Å². The monoisotopic (exact) mass is 293 g/mol. The molecule has 0 bridgehead atoms. The molecule has 0 amide bonds. The van der Waals surface area contributed by atoms with E-state index in [0.717, 1.165) is 0 Å². The van der Waals surface area contributed by atoms with E-state index in [1.54, 1.807) is 36.4 Å². The molecule has 2 rings (SSSR count). The average Bonchev–Trinajstić information content (AvgIpc) is 2.41. The van der Waals surface area contributed by atoms with Gasteiger partial charge in [0.05, 0.1) is 17.7 Å². The lowest BCUT2D eigenvalue weighted by atomic mass is 10.2. The highest BCUT2D eigenvalue weighted by atomic mass is 35.5. The molecule has 0 atom stereocenters. The van der Waals surface area contributed by atoms with Gasteiger partial charge in [0.15, 0.2) is 17.2 Å². The van der Waals surface area contributed by atoms with E-state index >= 15 is 0 Å². The van der Waals surface area contributed by atoms with Crippen LogP contribution in [0.3, 0.4) is 0 Å². The third-order valence-electron chi connectivity index (χ3n) is 2.43. The average molecular weight is 294 g/mol. The molecule has 0 N–H and O–H groups in total. The Kier molecular flexibility index (Phi) is 4.16. The number of ether oxygens (including phenoxy) is 2. The lowest BCUT2D eigenvalue weighted by Crippen LogP contribution is -1.93. The topological polar surface area (TPSA) is 42.2 Å². The van der Waals surface area contributed by atoms with Crippen molar-refractivity contribution in [2.24, 2.45) is 0 Å². The van der Waals surface area contributed by atoms with Crippen LogP contribution in [-0.4, -0.2) is 7.11 Å². The summed E-state index contributed by atoms with van der Waals surface area (Å²) < 4.78 is 10.8. The van der Waals surface area contributed by atoms with Crippen molar-refractivity contribution in [2.75, 3.05) is 7.11 Å². The molecule has 19 heavy (non-hydrogen) atoms. The molecule has 0 spiro atoms. The quantitative estimate of drug-likeness (QED) is 0.826. The Morgan fingerprint density at radius 2 is 1.89 bits per heavy atom. The van der Waals surface area contributed by atoms with E-state index in [0.29, 0.717) is 27.1 Å². The van der Waals surface area contributed by atoms with Crippen LogP contribution >= 0.6 is 23.2 Å². The largest absolute Gasteiger partial charge is 0.493 e. The minimum absolute atomic E-state index is 0.284. The van der Waals surface area contributed by atoms with Crippen LogP contribution in [0.2, 0.25) is 10.0 Å². The molecular weight excluding hydrogens is 285 g/mol. The summed E-state index contributed by atoms with van der Waals surface area (Å²) in [5.74, 6) is 1.19. The van der Waals surface area contributed by atoms with Gasteiger partial charge in [0.25, 0.3) is 0 Å². The highest BCUT2D eigenvalue weighted by molar-refractivity contribution is 6.32. The number of benzene rings is 2. The first kappa shape index (κ1) is 13.5. The van der Waals surface area contributed by atoms with Crippen LogP contribution in [0.5, 0.6) is 17.2 Å². The number of para-hydroxylation sites is 1. The normalized spacial score (nSPS) is 9.79. The number of halogens is 2. The number of hydrogen-bond donors (Lipinski definition) is 0. The molecule has 0 fully saturated rings. The Balaban J connectivity index is 2.47. The van der Waals surface area contributed by atoms with Crippen LogP contribution in [0.15, 0.2) is 36.4 Å². The number of methoxy groups -OCH3 is 1. The fourth-order valence-electron chi connectivity index (χ4n) is 1.54. The predicted molar refractivity (Wildman–Crippen MR) is 74.2 cm³/mol. The SMILES string of the molecule is COc1ccc(Cl)cc1Oc1c(Cl)cccc1C#N. The molecule has 2 aromatic carbocycles. The van der Waals surface area contributed by atoms with Crippen LogP contribution in [0.4, 0.5) is 0 Å². The summed E-state index contributed by atoms with van der Waals surface area (Å²) >= 11 is 12.0. The van der Waals surface area contributed by atoms with Gasteiger partial charge in [0.1, 0.15) is 6.07 Å². The maximum absolute atomic E-state index is 9.06. The van der Waals surface area contributed by atoms with Crippen LogP contribution in [0, 0.1) is 11.3 Å². The number of rotatable bonds is 3. The van der Waals surface area contributed by atoms with Gasteiger partial charge in [0, 0.05) is 11.1 Å². The Morgan fingerprint density at radius 1 is 1.11 bits per heavy atom. The van der Waals surface area contributed by atoms with Gasteiger partial charge in [-0.1, -0.05) is 29.3 Å². The van der Waals surface area contributed by atoms with E-state index in [4.69, 9.17) is 37.9 Å². The molecule has 0 heterocycles. The van der Waals surface area contributed by atoms with Crippen molar-refractivity contribution in [1.29, 1.82) is 5.26 Å². The second kappa shape index (κ2) is 5.83. The summed E-state index contributed by atoms with van der Waals surface area (Å²) in [6.45, 7) is 0. The molecule has 0 aliphatic heterocycles. The molecule has 0 radical (unpaired) electrons. The van der Waals surface area contributed by atoms with E-state index < -0.39 is 0 Å². The predicted octanol–water partition coefficient (Wildman–Crippen LogP) is 4.67. The van der Waals surface area contributed by atoms with Gasteiger partial charge in [-0.2, -0.15) is 5.26 Å². The third kappa shape index (κ3) is 2.93. The summed E-state index contributed by atoms with van der Waals surface area (Å²) in [4.78, 5) is 0. The molecule has 0 saturated heterocycles. The first-order valence-corrected chi connectivity index (χ1v) is 6.11. The summed E-state index contributed by atoms with van der Waals surface area (Å²) in [6, 6.07) is 11.9. The fraction of sp³-hybridized carbons (Fsp3) is 0.0714. The molecule has 0 aromatic heterocycles. The molecule has 2 aromatic rings. The fourth-order valence-corrected chi connectivity index (χ4v) is 1.92. The van der Waals surface area contributed by atoms with Gasteiger partial charge in [-0.15, -0.1) is 0 Å². The summed E-state index contributed by atoms with van der Waals surface area (Å²) in [7, 11) is 1.52. The van der Waals surface area contributed by atoms with Crippen LogP contribution < -0.4 is 9.47 Å². The zero-order valence-corrected chi connectivity index (χ0v) is 11.5. The van der Waals surface area contributed by atoms with Crippen LogP contribution in [-0.2, 0) is 0 Å². The molecule has 96 valence electrons. The zero-order valence-electron chi connectivity index (χ0n) is 9.98. The third-order valence-corrected chi connectivity index (χ3v) is 2.96. The highest BCUT2D eigenvalue weighted by Gasteiger charge is 2.13. The number of nitrogens with zero attached hydrogens (tertiary/aromatic N) is 1. The summed E-state index contributed by atoms with van der Waals surface area (Å²) in [5.41, 5.74) is 0.342. The Hall–Kier alpha value is -1.89. The summed E-state index contributed by atoms with van der Waals surface area (Å²) in [5, 5.41) is 9.91. The smallest absolute Gasteiger partial charge is 0.170 e. The van der Waals surface area contributed by atoms with E-state index in [-0.39, 0.29) is 5.75 Å². The van der Waals surface area contributed by atoms with Crippen molar-refractivity contribution in [2.45, 2.75) is 0 Å².